The smallest absolute Gasteiger partial charge is 0.287 e. The van der Waals surface area contributed by atoms with Crippen LogP contribution < -0.4 is 5.73 Å². The van der Waals surface area contributed by atoms with Crippen molar-refractivity contribution in [1.82, 2.24) is 4.98 Å². The standard InChI is InChI=1S/C7H5Cl2NO.C7H7NO3S/c8-4-1-2-5(7(10)11)6(9)3-4;9-12(10,11)6-3-7-1-4-8-5-2-7/h1-3H,(H2,10,11);1-6H,(H,9,10,11)/b;6-3+. The zero-order valence-corrected chi connectivity index (χ0v) is 13.9. The number of nitrogens with zero attached hydrogens (tertiary/aromatic N) is 1. The molecule has 122 valence electrons. The Morgan fingerprint density at radius 2 is 1.78 bits per heavy atom. The number of hydrogen-bond donors (Lipinski definition) is 2. The number of rotatable bonds is 3. The van der Waals surface area contributed by atoms with E-state index in [1.807, 2.05) is 0 Å². The molecule has 0 radical (unpaired) electrons. The molecule has 1 amide bonds. The number of nitrogens with two attached hydrogens (primary N) is 1. The van der Waals surface area contributed by atoms with Gasteiger partial charge in [0.25, 0.3) is 10.1 Å². The molecule has 0 atom stereocenters. The summed E-state index contributed by atoms with van der Waals surface area (Å²) in [6.45, 7) is 0. The van der Waals surface area contributed by atoms with E-state index < -0.39 is 16.0 Å². The molecule has 3 N–H and O–H groups in total. The lowest BCUT2D eigenvalue weighted by Crippen LogP contribution is -2.11. The van der Waals surface area contributed by atoms with Gasteiger partial charge in [0.2, 0.25) is 5.91 Å². The fraction of sp³-hybridized carbons (Fsp3) is 0. The fourth-order valence-corrected chi connectivity index (χ4v) is 2.16. The maximum Gasteiger partial charge on any atom is 0.287 e. The summed E-state index contributed by atoms with van der Waals surface area (Å²) in [6.07, 6.45) is 4.35. The van der Waals surface area contributed by atoms with Crippen LogP contribution in [0, 0.1) is 0 Å². The van der Waals surface area contributed by atoms with Gasteiger partial charge < -0.3 is 5.73 Å². The molecule has 0 bridgehead atoms. The fourth-order valence-electron chi connectivity index (χ4n) is 1.33. The van der Waals surface area contributed by atoms with Crippen LogP contribution in [0.4, 0.5) is 0 Å². The van der Waals surface area contributed by atoms with Gasteiger partial charge in [0.15, 0.2) is 0 Å². The minimum atomic E-state index is -4.02. The third kappa shape index (κ3) is 7.75. The van der Waals surface area contributed by atoms with Gasteiger partial charge in [0.1, 0.15) is 0 Å². The van der Waals surface area contributed by atoms with E-state index in [4.69, 9.17) is 33.5 Å². The number of primary amides is 1. The molecule has 0 unspecified atom stereocenters. The molecule has 1 heterocycles. The second-order valence-corrected chi connectivity index (χ2v) is 6.23. The first kappa shape index (κ1) is 19.1. The summed E-state index contributed by atoms with van der Waals surface area (Å²) in [5.41, 5.74) is 5.96. The number of aromatic nitrogens is 1. The predicted octanol–water partition coefficient (Wildman–Crippen LogP) is 3.03. The quantitative estimate of drug-likeness (QED) is 0.802. The van der Waals surface area contributed by atoms with Crippen LogP contribution in [-0.4, -0.2) is 23.9 Å². The van der Waals surface area contributed by atoms with Gasteiger partial charge in [-0.15, -0.1) is 0 Å². The molecular weight excluding hydrogens is 363 g/mol. The van der Waals surface area contributed by atoms with Crippen molar-refractivity contribution in [1.29, 1.82) is 0 Å². The molecule has 0 aliphatic heterocycles. The van der Waals surface area contributed by atoms with Crippen LogP contribution in [0.5, 0.6) is 0 Å². The highest BCUT2D eigenvalue weighted by Crippen LogP contribution is 2.20. The molecule has 0 fully saturated rings. The number of carbonyl (C=O) groups excluding carboxylic acids is 1. The molecule has 2 aromatic rings. The highest BCUT2D eigenvalue weighted by atomic mass is 35.5. The van der Waals surface area contributed by atoms with Crippen molar-refractivity contribution < 1.29 is 17.8 Å². The van der Waals surface area contributed by atoms with Gasteiger partial charge in [0, 0.05) is 17.4 Å². The Bertz CT molecular complexity index is 809. The van der Waals surface area contributed by atoms with Gasteiger partial charge in [-0.1, -0.05) is 23.2 Å². The Balaban J connectivity index is 0.000000231. The van der Waals surface area contributed by atoms with E-state index in [1.165, 1.54) is 30.6 Å². The Kier molecular flexibility index (Phi) is 7.18. The van der Waals surface area contributed by atoms with Gasteiger partial charge in [0.05, 0.1) is 16.0 Å². The SMILES string of the molecule is NC(=O)c1ccc(Cl)cc1Cl.O=S(=O)(O)/C=C/c1ccncc1. The molecule has 0 saturated carbocycles. The van der Waals surface area contributed by atoms with E-state index in [9.17, 15) is 13.2 Å². The van der Waals surface area contributed by atoms with Gasteiger partial charge in [-0.3, -0.25) is 14.3 Å². The molecule has 0 aliphatic rings. The Morgan fingerprint density at radius 1 is 1.17 bits per heavy atom. The molecule has 6 nitrogen and oxygen atoms in total. The second kappa shape index (κ2) is 8.64. The van der Waals surface area contributed by atoms with E-state index in [1.54, 1.807) is 18.2 Å². The monoisotopic (exact) mass is 374 g/mol. The summed E-state index contributed by atoms with van der Waals surface area (Å²) < 4.78 is 28.9. The third-order valence-corrected chi connectivity index (χ3v) is 3.36. The van der Waals surface area contributed by atoms with E-state index in [-0.39, 0.29) is 10.6 Å². The highest BCUT2D eigenvalue weighted by Gasteiger charge is 2.05. The Hall–Kier alpha value is -1.93. The van der Waals surface area contributed by atoms with Crippen molar-refractivity contribution >= 4 is 45.3 Å². The molecule has 23 heavy (non-hydrogen) atoms. The summed E-state index contributed by atoms with van der Waals surface area (Å²) in [4.78, 5) is 14.4. The van der Waals surface area contributed by atoms with Crippen LogP contribution in [-0.2, 0) is 10.1 Å². The molecule has 9 heteroatoms. The van der Waals surface area contributed by atoms with Crippen molar-refractivity contribution in [2.24, 2.45) is 5.73 Å². The van der Waals surface area contributed by atoms with Gasteiger partial charge >= 0.3 is 0 Å². The number of amides is 1. The highest BCUT2D eigenvalue weighted by molar-refractivity contribution is 7.88. The largest absolute Gasteiger partial charge is 0.366 e. The van der Waals surface area contributed by atoms with E-state index in [0.717, 1.165) is 5.41 Å². The number of hydrogen-bond acceptors (Lipinski definition) is 4. The number of halogens is 2. The maximum absolute atomic E-state index is 10.6. The first-order valence-corrected chi connectivity index (χ1v) is 8.25. The lowest BCUT2D eigenvalue weighted by molar-refractivity contribution is 0.100. The van der Waals surface area contributed by atoms with Crippen molar-refractivity contribution in [3.05, 3.63) is 69.3 Å². The summed E-state index contributed by atoms with van der Waals surface area (Å²) in [5.74, 6) is -0.549. The van der Waals surface area contributed by atoms with Crippen LogP contribution in [0.25, 0.3) is 6.08 Å². The average Bonchev–Trinajstić information content (AvgIpc) is 2.46. The van der Waals surface area contributed by atoms with E-state index in [0.29, 0.717) is 10.6 Å². The minimum Gasteiger partial charge on any atom is -0.366 e. The Morgan fingerprint density at radius 3 is 2.26 bits per heavy atom. The summed E-state index contributed by atoms with van der Waals surface area (Å²) in [6, 6.07) is 7.78. The zero-order valence-electron chi connectivity index (χ0n) is 11.6. The molecule has 1 aromatic heterocycles. The van der Waals surface area contributed by atoms with Crippen LogP contribution in [0.2, 0.25) is 10.0 Å². The maximum atomic E-state index is 10.6. The average molecular weight is 375 g/mol. The molecule has 0 spiro atoms. The number of benzene rings is 1. The summed E-state index contributed by atoms with van der Waals surface area (Å²) in [5, 5.41) is 1.49. The topological polar surface area (TPSA) is 110 Å². The van der Waals surface area contributed by atoms with Gasteiger partial charge in [-0.05, 0) is 42.0 Å². The minimum absolute atomic E-state index is 0.282. The van der Waals surface area contributed by atoms with Crippen LogP contribution in [0.15, 0.2) is 48.1 Å². The van der Waals surface area contributed by atoms with E-state index in [2.05, 4.69) is 4.98 Å². The van der Waals surface area contributed by atoms with Crippen LogP contribution in [0.1, 0.15) is 15.9 Å². The Labute approximate surface area is 143 Å². The molecule has 0 saturated heterocycles. The molecule has 2 rings (SSSR count). The first-order chi connectivity index (χ1) is 10.7. The van der Waals surface area contributed by atoms with Gasteiger partial charge in [-0.2, -0.15) is 8.42 Å². The van der Waals surface area contributed by atoms with Crippen LogP contribution in [0.3, 0.4) is 0 Å². The zero-order chi connectivity index (χ0) is 17.5. The van der Waals surface area contributed by atoms with Crippen molar-refractivity contribution in [3.8, 4) is 0 Å². The lowest BCUT2D eigenvalue weighted by Gasteiger charge is -1.97. The normalized spacial score (nSPS) is 10.9. The van der Waals surface area contributed by atoms with Crippen molar-refractivity contribution in [2.75, 3.05) is 0 Å². The number of carbonyl (C=O) groups is 1. The molecule has 1 aromatic carbocycles. The molecule has 0 aliphatic carbocycles. The summed E-state index contributed by atoms with van der Waals surface area (Å²) >= 11 is 11.2. The first-order valence-electron chi connectivity index (χ1n) is 5.99. The summed E-state index contributed by atoms with van der Waals surface area (Å²) in [7, 11) is -4.02. The molecular formula is C14H12Cl2N2O4S. The van der Waals surface area contributed by atoms with E-state index >= 15 is 0 Å². The third-order valence-electron chi connectivity index (χ3n) is 2.34. The van der Waals surface area contributed by atoms with Crippen molar-refractivity contribution in [2.45, 2.75) is 0 Å². The van der Waals surface area contributed by atoms with Gasteiger partial charge in [-0.25, -0.2) is 0 Å². The predicted molar refractivity (Wildman–Crippen MR) is 89.8 cm³/mol. The van der Waals surface area contributed by atoms with Crippen molar-refractivity contribution in [3.63, 3.8) is 0 Å². The number of pyridine rings is 1. The second-order valence-electron chi connectivity index (χ2n) is 4.09. The van der Waals surface area contributed by atoms with Crippen LogP contribution >= 0.6 is 23.2 Å². The lowest BCUT2D eigenvalue weighted by atomic mass is 10.2.